The van der Waals surface area contributed by atoms with E-state index in [4.69, 9.17) is 28.7 Å². The number of primary amides is 1. The van der Waals surface area contributed by atoms with Crippen LogP contribution in [0.5, 0.6) is 0 Å². The molecule has 0 saturated carbocycles. The van der Waals surface area contributed by atoms with Gasteiger partial charge in [0.25, 0.3) is 0 Å². The molecule has 0 aliphatic carbocycles. The number of carbonyl (C=O) groups excluding carboxylic acids is 8. The number of hydrogen-bond donors (Lipinski definition) is 12. The number of halogens is 1. The van der Waals surface area contributed by atoms with E-state index in [1.165, 1.54) is 0 Å². The molecule has 17 N–H and O–H groups in total. The number of sulfonamides is 1. The van der Waals surface area contributed by atoms with Crippen LogP contribution in [-0.4, -0.2) is 141 Å². The minimum Gasteiger partial charge on any atom is -0.368 e. The standard InChI is InChI=1S/C59H100FN13O10S/c1-37(2)30-48(53(65)75)69-58(80)50(32-39(5)6)71-56(78)47(22-14-17-29-63)67-55(77)46(21-13-16-28-62)68-57(79)49(31-38(3)4)72-59(81)51(33-40(7)8)70-54(76)45(20-12-15-27-61)66-52(74)36-73(35-43(64)34-41-18-10-9-11-19-41)84(82,83)44-25-23-42(60)24-26-44/h9-11,18-19,23-26,37-40,43,45-51H,12-17,20-22,27-36,61-64H2,1-8H3,(H2,65,75)(H,66,74)(H,67,77)(H,68,79)(H,69,80)(H,70,76)(H,71,78)(H,72,81)/t43-,45-,46-,47-,48-,49-,50-,51-/m0/s1. The van der Waals surface area contributed by atoms with Crippen molar-refractivity contribution in [1.29, 1.82) is 0 Å². The molecule has 0 aliphatic rings. The van der Waals surface area contributed by atoms with Crippen molar-refractivity contribution >= 4 is 57.3 Å². The van der Waals surface area contributed by atoms with Crippen molar-refractivity contribution in [2.45, 2.75) is 199 Å². The van der Waals surface area contributed by atoms with Gasteiger partial charge in [-0.05, 0) is 163 Å². The molecule has 0 heterocycles. The maximum Gasteiger partial charge on any atom is 0.243 e. The average Bonchev–Trinajstić information content (AvgIpc) is 3.62. The zero-order chi connectivity index (χ0) is 63.1. The number of nitrogens with two attached hydrogens (primary N) is 5. The Balaban J connectivity index is 2.46. The highest BCUT2D eigenvalue weighted by atomic mass is 32.2. The van der Waals surface area contributed by atoms with Gasteiger partial charge < -0.3 is 65.9 Å². The lowest BCUT2D eigenvalue weighted by Crippen LogP contribution is -2.60. The van der Waals surface area contributed by atoms with Gasteiger partial charge in [0, 0.05) is 12.6 Å². The molecule has 0 saturated heterocycles. The summed E-state index contributed by atoms with van der Waals surface area (Å²) in [7, 11) is -4.45. The molecule has 0 unspecified atom stereocenters. The van der Waals surface area contributed by atoms with Gasteiger partial charge in [-0.3, -0.25) is 38.4 Å². The van der Waals surface area contributed by atoms with Crippen LogP contribution in [0.25, 0.3) is 0 Å². The van der Waals surface area contributed by atoms with Crippen LogP contribution in [0.3, 0.4) is 0 Å². The fraction of sp³-hybridized carbons (Fsp3) is 0.661. The second kappa shape index (κ2) is 38.8. The quantitative estimate of drug-likeness (QED) is 0.0422. The minimum absolute atomic E-state index is 0.0213. The summed E-state index contributed by atoms with van der Waals surface area (Å²) in [5.41, 5.74) is 30.4. The third-order valence-corrected chi connectivity index (χ3v) is 15.5. The molecule has 84 heavy (non-hydrogen) atoms. The van der Waals surface area contributed by atoms with Gasteiger partial charge in [-0.2, -0.15) is 4.31 Å². The minimum atomic E-state index is -4.45. The van der Waals surface area contributed by atoms with Crippen molar-refractivity contribution in [2.75, 3.05) is 32.7 Å². The average molecular weight is 1200 g/mol. The van der Waals surface area contributed by atoms with Crippen LogP contribution in [0.15, 0.2) is 59.5 Å². The number of nitrogens with one attached hydrogen (secondary N) is 7. The number of benzene rings is 2. The summed E-state index contributed by atoms with van der Waals surface area (Å²) in [5.74, 6) is -6.89. The van der Waals surface area contributed by atoms with E-state index >= 15 is 0 Å². The molecule has 8 atom stereocenters. The molecule has 474 valence electrons. The van der Waals surface area contributed by atoms with Crippen LogP contribution in [-0.2, 0) is 54.8 Å². The molecule has 0 fully saturated rings. The molecule has 25 heteroatoms. The maximum absolute atomic E-state index is 14.5. The largest absolute Gasteiger partial charge is 0.368 e. The molecule has 2 rings (SSSR count). The van der Waals surface area contributed by atoms with E-state index in [2.05, 4.69) is 37.2 Å². The van der Waals surface area contributed by atoms with Gasteiger partial charge in [0.1, 0.15) is 48.1 Å². The van der Waals surface area contributed by atoms with E-state index in [0.29, 0.717) is 45.1 Å². The van der Waals surface area contributed by atoms with Gasteiger partial charge >= 0.3 is 0 Å². The molecule has 0 aromatic heterocycles. The molecule has 0 radical (unpaired) electrons. The highest BCUT2D eigenvalue weighted by Gasteiger charge is 2.36. The van der Waals surface area contributed by atoms with Crippen molar-refractivity contribution in [1.82, 2.24) is 41.5 Å². The zero-order valence-electron chi connectivity index (χ0n) is 50.8. The summed E-state index contributed by atoms with van der Waals surface area (Å²) in [4.78, 5) is 111. The highest BCUT2D eigenvalue weighted by Crippen LogP contribution is 2.19. The molecule has 2 aromatic carbocycles. The first-order chi connectivity index (χ1) is 39.6. The number of nitrogens with zero attached hydrogens (tertiary/aromatic N) is 1. The van der Waals surface area contributed by atoms with Crippen molar-refractivity contribution in [2.24, 2.45) is 52.3 Å². The number of carbonyl (C=O) groups is 8. The number of amides is 8. The van der Waals surface area contributed by atoms with Gasteiger partial charge in [-0.15, -0.1) is 0 Å². The van der Waals surface area contributed by atoms with Gasteiger partial charge in [0.15, 0.2) is 0 Å². The number of unbranched alkanes of at least 4 members (excludes halogenated alkanes) is 3. The van der Waals surface area contributed by atoms with E-state index in [9.17, 15) is 51.2 Å². The van der Waals surface area contributed by atoms with Crippen LogP contribution >= 0.6 is 0 Å². The van der Waals surface area contributed by atoms with Crippen molar-refractivity contribution in [3.05, 3.63) is 66.0 Å². The Bertz CT molecular complexity index is 2470. The Labute approximate surface area is 497 Å². The smallest absolute Gasteiger partial charge is 0.243 e. The van der Waals surface area contributed by atoms with Crippen LogP contribution in [0.2, 0.25) is 0 Å². The van der Waals surface area contributed by atoms with E-state index < -0.39 is 118 Å². The first-order valence-electron chi connectivity index (χ1n) is 29.7. The highest BCUT2D eigenvalue weighted by molar-refractivity contribution is 7.89. The predicted octanol–water partition coefficient (Wildman–Crippen LogP) is 1.84. The van der Waals surface area contributed by atoms with E-state index in [1.54, 1.807) is 0 Å². The molecule has 23 nitrogen and oxygen atoms in total. The van der Waals surface area contributed by atoms with E-state index in [-0.39, 0.29) is 99.6 Å². The Morgan fingerprint density at radius 1 is 0.476 bits per heavy atom. The number of rotatable bonds is 42. The summed E-state index contributed by atoms with van der Waals surface area (Å²) >= 11 is 0. The van der Waals surface area contributed by atoms with Gasteiger partial charge in [-0.25, -0.2) is 12.8 Å². The van der Waals surface area contributed by atoms with Crippen LogP contribution in [0.1, 0.15) is 144 Å². The fourth-order valence-corrected chi connectivity index (χ4v) is 10.8. The molecule has 8 amide bonds. The first-order valence-corrected chi connectivity index (χ1v) is 31.1. The Morgan fingerprint density at radius 3 is 1.17 bits per heavy atom. The normalized spacial score (nSPS) is 14.6. The van der Waals surface area contributed by atoms with Crippen molar-refractivity contribution in [3.8, 4) is 0 Å². The maximum atomic E-state index is 14.5. The van der Waals surface area contributed by atoms with Crippen molar-refractivity contribution in [3.63, 3.8) is 0 Å². The van der Waals surface area contributed by atoms with Gasteiger partial charge in [0.2, 0.25) is 57.3 Å². The predicted molar refractivity (Wildman–Crippen MR) is 323 cm³/mol. The fourth-order valence-electron chi connectivity index (χ4n) is 9.39. The lowest BCUT2D eigenvalue weighted by Gasteiger charge is -2.29. The third-order valence-electron chi connectivity index (χ3n) is 13.7. The molecule has 0 bridgehead atoms. The van der Waals surface area contributed by atoms with Crippen LogP contribution < -0.4 is 65.9 Å². The summed E-state index contributed by atoms with van der Waals surface area (Å²) in [6.45, 7) is 14.6. The Morgan fingerprint density at radius 2 is 0.810 bits per heavy atom. The Kier molecular flexibility index (Phi) is 34.1. The zero-order valence-corrected chi connectivity index (χ0v) is 51.6. The topological polar surface area (TPSA) is 388 Å². The van der Waals surface area contributed by atoms with Gasteiger partial charge in [-0.1, -0.05) is 85.7 Å². The monoisotopic (exact) mass is 1200 g/mol. The van der Waals surface area contributed by atoms with Crippen LogP contribution in [0.4, 0.5) is 4.39 Å². The summed E-state index contributed by atoms with van der Waals surface area (Å²) in [6, 6.07) is 4.17. The molecule has 0 aliphatic heterocycles. The summed E-state index contributed by atoms with van der Waals surface area (Å²) in [6.07, 6.45) is 3.81. The second-order valence-electron chi connectivity index (χ2n) is 23.5. The first kappa shape index (κ1) is 74.0. The number of hydrogen-bond acceptors (Lipinski definition) is 14. The SMILES string of the molecule is CC(C)C[C@H](NC(=O)[C@H](CC(C)C)NC(=O)[C@H](CCCCN)NC(=O)[C@H](CCCCN)NC(=O)[C@H](CC(C)C)NC(=O)[C@H](CC(C)C)NC(=O)[C@H](CCCCN)NC(=O)CN(C[C@@H](N)Cc1ccccc1)S(=O)(=O)c1ccc(F)cc1)C(N)=O. The van der Waals surface area contributed by atoms with E-state index in [1.807, 2.05) is 85.7 Å². The molecular formula is C59H100FN13O10S. The Hall–Kier alpha value is -6.12. The van der Waals surface area contributed by atoms with E-state index in [0.717, 1.165) is 34.1 Å². The molecular weight excluding hydrogens is 1100 g/mol. The second-order valence-corrected chi connectivity index (χ2v) is 25.4. The summed E-state index contributed by atoms with van der Waals surface area (Å²) in [5, 5.41) is 19.3. The van der Waals surface area contributed by atoms with Crippen LogP contribution in [0, 0.1) is 29.5 Å². The molecule has 0 spiro atoms. The molecule has 2 aromatic rings. The van der Waals surface area contributed by atoms with Gasteiger partial charge in [0.05, 0.1) is 11.4 Å². The summed E-state index contributed by atoms with van der Waals surface area (Å²) < 4.78 is 43.0. The lowest BCUT2D eigenvalue weighted by atomic mass is 9.98. The third kappa shape index (κ3) is 28.2. The van der Waals surface area contributed by atoms with Crippen molar-refractivity contribution < 1.29 is 51.2 Å². The lowest BCUT2D eigenvalue weighted by molar-refractivity contribution is -0.136.